The molecule has 2 heteroatoms. The van der Waals surface area contributed by atoms with E-state index in [9.17, 15) is 4.79 Å². The first-order valence-corrected chi connectivity index (χ1v) is 20.5. The Kier molecular flexibility index (Phi) is 14.9. The molecular formula is C43H76O2. The Morgan fingerprint density at radius 3 is 2.13 bits per heavy atom. The topological polar surface area (TPSA) is 26.3 Å². The second kappa shape index (κ2) is 18.1. The van der Waals surface area contributed by atoms with Crippen molar-refractivity contribution in [3.8, 4) is 0 Å². The van der Waals surface area contributed by atoms with E-state index in [1.807, 2.05) is 0 Å². The average Bonchev–Trinajstić information content (AvgIpc) is 3.37. The van der Waals surface area contributed by atoms with Gasteiger partial charge >= 0.3 is 5.97 Å². The molecule has 0 bridgehead atoms. The normalized spacial score (nSPS) is 35.3. The Morgan fingerprint density at radius 1 is 0.733 bits per heavy atom. The maximum atomic E-state index is 12.8. The van der Waals surface area contributed by atoms with Crippen LogP contribution in [-0.2, 0) is 9.53 Å². The zero-order valence-corrected chi connectivity index (χ0v) is 31.1. The van der Waals surface area contributed by atoms with Gasteiger partial charge in [-0.15, -0.1) is 0 Å². The number of esters is 1. The zero-order chi connectivity index (χ0) is 32.3. The largest absolute Gasteiger partial charge is 0.462 e. The summed E-state index contributed by atoms with van der Waals surface area (Å²) >= 11 is 0. The van der Waals surface area contributed by atoms with E-state index in [1.54, 1.807) is 0 Å². The van der Waals surface area contributed by atoms with Crippen LogP contribution < -0.4 is 0 Å². The van der Waals surface area contributed by atoms with E-state index in [2.05, 4.69) is 53.7 Å². The number of hydrogen-bond acceptors (Lipinski definition) is 2. The fourth-order valence-electron chi connectivity index (χ4n) is 11.6. The monoisotopic (exact) mass is 625 g/mol. The Bertz CT molecular complexity index is 890. The number of hydrogen-bond donors (Lipinski definition) is 0. The Hall–Kier alpha value is -0.790. The van der Waals surface area contributed by atoms with Crippen molar-refractivity contribution in [1.29, 1.82) is 0 Å². The van der Waals surface area contributed by atoms with Gasteiger partial charge in [0.2, 0.25) is 0 Å². The van der Waals surface area contributed by atoms with Crippen molar-refractivity contribution in [3.05, 3.63) is 12.2 Å². The third-order valence-electron chi connectivity index (χ3n) is 14.3. The van der Waals surface area contributed by atoms with Crippen LogP contribution in [0.25, 0.3) is 0 Å². The Morgan fingerprint density at radius 2 is 1.40 bits per heavy atom. The molecule has 4 fully saturated rings. The Labute approximate surface area is 281 Å². The van der Waals surface area contributed by atoms with Crippen LogP contribution in [0.15, 0.2) is 12.2 Å². The fourth-order valence-corrected chi connectivity index (χ4v) is 11.6. The Balaban J connectivity index is 1.13. The number of allylic oxidation sites excluding steroid dienone is 2. The molecule has 45 heavy (non-hydrogen) atoms. The smallest absolute Gasteiger partial charge is 0.306 e. The van der Waals surface area contributed by atoms with E-state index < -0.39 is 0 Å². The first-order chi connectivity index (χ1) is 21.7. The number of fused-ring (bicyclic) bond motifs is 5. The van der Waals surface area contributed by atoms with Gasteiger partial charge in [-0.25, -0.2) is 0 Å². The maximum Gasteiger partial charge on any atom is 0.306 e. The van der Waals surface area contributed by atoms with Crippen molar-refractivity contribution in [3.63, 3.8) is 0 Å². The molecule has 0 aromatic rings. The molecule has 4 aliphatic rings. The molecule has 260 valence electrons. The lowest BCUT2D eigenvalue weighted by Gasteiger charge is -2.61. The molecule has 0 aromatic heterocycles. The van der Waals surface area contributed by atoms with Crippen LogP contribution in [0.4, 0.5) is 0 Å². The molecule has 0 saturated heterocycles. The summed E-state index contributed by atoms with van der Waals surface area (Å²) in [6, 6.07) is 0. The summed E-state index contributed by atoms with van der Waals surface area (Å²) in [5.74, 6) is 6.33. The van der Waals surface area contributed by atoms with E-state index in [4.69, 9.17) is 4.74 Å². The van der Waals surface area contributed by atoms with Crippen molar-refractivity contribution in [2.75, 3.05) is 0 Å². The SMILES string of the molecule is CCCCCC/C=C\CCCCCCCC(=O)O[C@H]1CC[C@@]2(C)[C@@H](CC[C@@H]3[C@@H]2CC[C@]2(C)[C@@H]([C@H](C)CCCC(C)C)CC[C@@H]32)C1. The van der Waals surface area contributed by atoms with Crippen molar-refractivity contribution < 1.29 is 9.53 Å². The quantitative estimate of drug-likeness (QED) is 0.0812. The fraction of sp³-hybridized carbons (Fsp3) is 0.930. The molecule has 0 heterocycles. The predicted octanol–water partition coefficient (Wildman–Crippen LogP) is 13.3. The lowest BCUT2D eigenvalue weighted by molar-refractivity contribution is -0.162. The molecule has 2 nitrogen and oxygen atoms in total. The first-order valence-electron chi connectivity index (χ1n) is 20.5. The van der Waals surface area contributed by atoms with Crippen LogP contribution in [0.1, 0.15) is 196 Å². The van der Waals surface area contributed by atoms with E-state index in [0.717, 1.165) is 60.7 Å². The van der Waals surface area contributed by atoms with Gasteiger partial charge < -0.3 is 4.74 Å². The molecule has 0 aliphatic heterocycles. The van der Waals surface area contributed by atoms with Gasteiger partial charge in [-0.05, 0) is 142 Å². The van der Waals surface area contributed by atoms with E-state index in [1.165, 1.54) is 128 Å². The van der Waals surface area contributed by atoms with E-state index in [-0.39, 0.29) is 12.1 Å². The number of ether oxygens (including phenoxy) is 1. The van der Waals surface area contributed by atoms with E-state index >= 15 is 0 Å². The molecule has 0 aromatic carbocycles. The van der Waals surface area contributed by atoms with Crippen LogP contribution in [0.3, 0.4) is 0 Å². The second-order valence-corrected chi connectivity index (χ2v) is 17.7. The van der Waals surface area contributed by atoms with Gasteiger partial charge in [0.15, 0.2) is 0 Å². The number of carbonyl (C=O) groups excluding carboxylic acids is 1. The summed E-state index contributed by atoms with van der Waals surface area (Å²) in [6.07, 6.45) is 36.0. The van der Waals surface area contributed by atoms with Crippen LogP contribution in [0, 0.1) is 52.3 Å². The number of rotatable bonds is 19. The van der Waals surface area contributed by atoms with Crippen molar-refractivity contribution in [2.45, 2.75) is 202 Å². The molecule has 4 saturated carbocycles. The molecular weight excluding hydrogens is 548 g/mol. The third kappa shape index (κ3) is 9.87. The van der Waals surface area contributed by atoms with Gasteiger partial charge in [-0.3, -0.25) is 4.79 Å². The first kappa shape index (κ1) is 37.0. The minimum atomic E-state index is 0.0799. The minimum Gasteiger partial charge on any atom is -0.462 e. The maximum absolute atomic E-state index is 12.8. The van der Waals surface area contributed by atoms with E-state index in [0.29, 0.717) is 17.3 Å². The van der Waals surface area contributed by atoms with Crippen LogP contribution in [0.2, 0.25) is 0 Å². The standard InChI is InChI=1S/C43H76O2/c1-7-8-9-10-11-12-13-14-15-16-17-18-19-23-41(44)45-36-28-30-42(5)35(32-36)24-25-37-39-27-26-38(34(4)22-20-21-33(2)3)43(39,6)31-29-40(37)42/h12-13,33-40H,7-11,14-32H2,1-6H3/b13-12-/t34-,35+,36+,37+,38-,39+,40+,42+,43-/m1/s1. The zero-order valence-electron chi connectivity index (χ0n) is 31.1. The molecule has 0 spiro atoms. The third-order valence-corrected chi connectivity index (χ3v) is 14.3. The van der Waals surface area contributed by atoms with Crippen molar-refractivity contribution in [2.24, 2.45) is 52.3 Å². The lowest BCUT2D eigenvalue weighted by atomic mass is 9.44. The van der Waals surface area contributed by atoms with Crippen LogP contribution in [0.5, 0.6) is 0 Å². The number of carbonyl (C=O) groups is 1. The highest BCUT2D eigenvalue weighted by atomic mass is 16.5. The lowest BCUT2D eigenvalue weighted by Crippen LogP contribution is -2.54. The molecule has 0 N–H and O–H groups in total. The highest BCUT2D eigenvalue weighted by Gasteiger charge is 2.60. The minimum absolute atomic E-state index is 0.0799. The molecule has 0 unspecified atom stereocenters. The highest BCUT2D eigenvalue weighted by Crippen LogP contribution is 2.68. The summed E-state index contributed by atoms with van der Waals surface area (Å²) in [5, 5.41) is 0. The van der Waals surface area contributed by atoms with Gasteiger partial charge in [0.25, 0.3) is 0 Å². The van der Waals surface area contributed by atoms with Gasteiger partial charge in [0, 0.05) is 6.42 Å². The molecule has 9 atom stereocenters. The van der Waals surface area contributed by atoms with Gasteiger partial charge in [-0.1, -0.05) is 111 Å². The van der Waals surface area contributed by atoms with Gasteiger partial charge in [0.05, 0.1) is 0 Å². The van der Waals surface area contributed by atoms with Crippen molar-refractivity contribution >= 4 is 5.97 Å². The molecule has 4 rings (SSSR count). The second-order valence-electron chi connectivity index (χ2n) is 17.7. The summed E-state index contributed by atoms with van der Waals surface area (Å²) in [4.78, 5) is 12.8. The summed E-state index contributed by atoms with van der Waals surface area (Å²) < 4.78 is 6.15. The summed E-state index contributed by atoms with van der Waals surface area (Å²) in [5.41, 5.74) is 1.05. The molecule has 0 amide bonds. The average molecular weight is 625 g/mol. The highest BCUT2D eigenvalue weighted by molar-refractivity contribution is 5.69. The predicted molar refractivity (Wildman–Crippen MR) is 193 cm³/mol. The van der Waals surface area contributed by atoms with Crippen LogP contribution in [-0.4, -0.2) is 12.1 Å². The molecule has 0 radical (unpaired) electrons. The van der Waals surface area contributed by atoms with Gasteiger partial charge in [0.1, 0.15) is 6.10 Å². The number of unbranched alkanes of at least 4 members (excludes halogenated alkanes) is 9. The van der Waals surface area contributed by atoms with Crippen molar-refractivity contribution in [1.82, 2.24) is 0 Å². The van der Waals surface area contributed by atoms with Crippen LogP contribution >= 0.6 is 0 Å². The molecule has 4 aliphatic carbocycles. The van der Waals surface area contributed by atoms with Gasteiger partial charge in [-0.2, -0.15) is 0 Å². The summed E-state index contributed by atoms with van der Waals surface area (Å²) in [7, 11) is 0. The summed E-state index contributed by atoms with van der Waals surface area (Å²) in [6.45, 7) is 15.0.